The second-order valence-electron chi connectivity index (χ2n) is 5.92. The van der Waals surface area contributed by atoms with Gasteiger partial charge in [-0.1, -0.05) is 53.2 Å². The highest BCUT2D eigenvalue weighted by Crippen LogP contribution is 2.22. The lowest BCUT2D eigenvalue weighted by Gasteiger charge is -2.05. The van der Waals surface area contributed by atoms with E-state index in [4.69, 9.17) is 11.6 Å². The third kappa shape index (κ3) is 3.38. The Bertz CT molecular complexity index is 1120. The topological polar surface area (TPSA) is 63.6 Å². The van der Waals surface area contributed by atoms with Gasteiger partial charge in [-0.25, -0.2) is 9.67 Å². The Morgan fingerprint density at radius 3 is 2.58 bits per heavy atom. The molecule has 0 spiro atoms. The molecule has 4 rings (SSSR count). The fraction of sp³-hybridized carbons (Fsp3) is 0.105. The Hall–Kier alpha value is -2.57. The zero-order valence-corrected chi connectivity index (χ0v) is 15.5. The zero-order valence-electron chi connectivity index (χ0n) is 13.9. The zero-order chi connectivity index (χ0) is 18.1. The van der Waals surface area contributed by atoms with E-state index in [2.05, 4.69) is 46.3 Å². The summed E-state index contributed by atoms with van der Waals surface area (Å²) in [7, 11) is 0. The number of aryl methyl sites for hydroxylation is 1. The smallest absolute Gasteiger partial charge is 0.262 e. The van der Waals surface area contributed by atoms with Crippen LogP contribution in [0.1, 0.15) is 11.1 Å². The van der Waals surface area contributed by atoms with Crippen LogP contribution in [0, 0.1) is 6.92 Å². The van der Waals surface area contributed by atoms with Gasteiger partial charge in [0.1, 0.15) is 5.39 Å². The summed E-state index contributed by atoms with van der Waals surface area (Å²) in [5.41, 5.74) is 3.54. The molecule has 0 saturated heterocycles. The maximum absolute atomic E-state index is 12.4. The highest BCUT2D eigenvalue weighted by Gasteiger charge is 2.12. The van der Waals surface area contributed by atoms with Crippen molar-refractivity contribution in [1.82, 2.24) is 19.7 Å². The molecule has 7 heteroatoms. The molecule has 2 aromatic carbocycles. The van der Waals surface area contributed by atoms with E-state index in [-0.39, 0.29) is 5.56 Å². The third-order valence-electron chi connectivity index (χ3n) is 3.98. The van der Waals surface area contributed by atoms with Gasteiger partial charge in [0.05, 0.1) is 11.9 Å². The predicted molar refractivity (Wildman–Crippen MR) is 105 cm³/mol. The molecular formula is C19H15ClN4OS. The van der Waals surface area contributed by atoms with Gasteiger partial charge in [0.25, 0.3) is 5.56 Å². The van der Waals surface area contributed by atoms with Crippen molar-refractivity contribution in [2.75, 3.05) is 0 Å². The van der Waals surface area contributed by atoms with Crippen LogP contribution in [0.15, 0.2) is 64.7 Å². The first kappa shape index (κ1) is 16.9. The van der Waals surface area contributed by atoms with E-state index in [0.29, 0.717) is 21.2 Å². The van der Waals surface area contributed by atoms with Crippen LogP contribution in [0.3, 0.4) is 0 Å². The number of thioether (sulfide) groups is 1. The standard InChI is InChI=1S/C19H15ClN4OS/c1-12-2-4-13(5-3-12)11-26-19-22-17-16(18(25)23-19)10-21-24(17)15-8-6-14(20)7-9-15/h2-10H,11H2,1H3,(H,22,23,25). The molecule has 5 nitrogen and oxygen atoms in total. The summed E-state index contributed by atoms with van der Waals surface area (Å²) in [6.07, 6.45) is 1.53. The molecule has 0 amide bonds. The van der Waals surface area contributed by atoms with Gasteiger partial charge in [0.15, 0.2) is 10.8 Å². The van der Waals surface area contributed by atoms with Crippen LogP contribution in [0.4, 0.5) is 0 Å². The van der Waals surface area contributed by atoms with Crippen molar-refractivity contribution in [2.45, 2.75) is 17.8 Å². The van der Waals surface area contributed by atoms with E-state index in [1.807, 2.05) is 12.1 Å². The maximum Gasteiger partial charge on any atom is 0.262 e. The van der Waals surface area contributed by atoms with E-state index in [1.54, 1.807) is 16.8 Å². The Labute approximate surface area is 159 Å². The Kier molecular flexibility index (Phi) is 4.53. The van der Waals surface area contributed by atoms with Crippen LogP contribution in [0.25, 0.3) is 16.7 Å². The van der Waals surface area contributed by atoms with Crippen molar-refractivity contribution in [3.63, 3.8) is 0 Å². The molecule has 26 heavy (non-hydrogen) atoms. The van der Waals surface area contributed by atoms with Crippen LogP contribution in [0.5, 0.6) is 0 Å². The highest BCUT2D eigenvalue weighted by atomic mass is 35.5. The predicted octanol–water partition coefficient (Wildman–Crippen LogP) is 4.36. The first-order chi connectivity index (χ1) is 12.6. The van der Waals surface area contributed by atoms with Gasteiger partial charge in [-0.15, -0.1) is 0 Å². The highest BCUT2D eigenvalue weighted by molar-refractivity contribution is 7.98. The number of aromatic amines is 1. The fourth-order valence-corrected chi connectivity index (χ4v) is 3.51. The molecule has 0 aliphatic heterocycles. The van der Waals surface area contributed by atoms with Crippen molar-refractivity contribution < 1.29 is 0 Å². The van der Waals surface area contributed by atoms with Gasteiger partial charge in [-0.3, -0.25) is 4.79 Å². The number of hydrogen-bond acceptors (Lipinski definition) is 4. The number of rotatable bonds is 4. The molecule has 0 aliphatic rings. The van der Waals surface area contributed by atoms with Crippen LogP contribution in [-0.4, -0.2) is 19.7 Å². The minimum Gasteiger partial charge on any atom is -0.301 e. The van der Waals surface area contributed by atoms with E-state index >= 15 is 0 Å². The van der Waals surface area contributed by atoms with Crippen molar-refractivity contribution in [3.8, 4) is 5.69 Å². The van der Waals surface area contributed by atoms with Crippen molar-refractivity contribution in [2.24, 2.45) is 0 Å². The Balaban J connectivity index is 1.68. The van der Waals surface area contributed by atoms with Crippen molar-refractivity contribution in [3.05, 3.63) is 81.2 Å². The molecule has 2 heterocycles. The lowest BCUT2D eigenvalue weighted by Crippen LogP contribution is -2.09. The van der Waals surface area contributed by atoms with Crippen molar-refractivity contribution >= 4 is 34.4 Å². The molecule has 0 unspecified atom stereocenters. The number of nitrogens with one attached hydrogen (secondary N) is 1. The first-order valence-corrected chi connectivity index (χ1v) is 9.39. The van der Waals surface area contributed by atoms with Crippen molar-refractivity contribution in [1.29, 1.82) is 0 Å². The molecule has 0 aliphatic carbocycles. The van der Waals surface area contributed by atoms with Crippen LogP contribution in [-0.2, 0) is 5.75 Å². The number of H-pyrrole nitrogens is 1. The summed E-state index contributed by atoms with van der Waals surface area (Å²) in [6.45, 7) is 2.06. The van der Waals surface area contributed by atoms with Gasteiger partial charge >= 0.3 is 0 Å². The largest absolute Gasteiger partial charge is 0.301 e. The van der Waals surface area contributed by atoms with Crippen LogP contribution >= 0.6 is 23.4 Å². The molecule has 2 aromatic heterocycles. The summed E-state index contributed by atoms with van der Waals surface area (Å²) in [6, 6.07) is 15.6. The molecule has 4 aromatic rings. The van der Waals surface area contributed by atoms with Crippen LogP contribution in [0.2, 0.25) is 5.02 Å². The molecule has 0 saturated carbocycles. The van der Waals surface area contributed by atoms with Gasteiger partial charge in [-0.2, -0.15) is 5.10 Å². The van der Waals surface area contributed by atoms with E-state index in [0.717, 1.165) is 11.4 Å². The summed E-state index contributed by atoms with van der Waals surface area (Å²) in [4.78, 5) is 19.8. The molecule has 0 atom stereocenters. The van der Waals surface area contributed by atoms with E-state index in [9.17, 15) is 4.79 Å². The fourth-order valence-electron chi connectivity index (χ4n) is 2.57. The monoisotopic (exact) mass is 382 g/mol. The molecular weight excluding hydrogens is 368 g/mol. The lowest BCUT2D eigenvalue weighted by atomic mass is 10.2. The quantitative estimate of drug-likeness (QED) is 0.420. The minimum atomic E-state index is -0.193. The van der Waals surface area contributed by atoms with Crippen LogP contribution < -0.4 is 5.56 Å². The minimum absolute atomic E-state index is 0.193. The number of halogens is 1. The van der Waals surface area contributed by atoms with Gasteiger partial charge in [-0.05, 0) is 36.8 Å². The summed E-state index contributed by atoms with van der Waals surface area (Å²) in [5, 5.41) is 5.98. The number of benzene rings is 2. The second kappa shape index (κ2) is 6.97. The average molecular weight is 383 g/mol. The van der Waals surface area contributed by atoms with Gasteiger partial charge < -0.3 is 4.98 Å². The Morgan fingerprint density at radius 2 is 1.85 bits per heavy atom. The Morgan fingerprint density at radius 1 is 1.12 bits per heavy atom. The first-order valence-electron chi connectivity index (χ1n) is 8.02. The number of hydrogen-bond donors (Lipinski definition) is 1. The van der Waals surface area contributed by atoms with Gasteiger partial charge in [0.2, 0.25) is 0 Å². The molecule has 0 radical (unpaired) electrons. The van der Waals surface area contributed by atoms with E-state index in [1.165, 1.54) is 29.1 Å². The van der Waals surface area contributed by atoms with E-state index < -0.39 is 0 Å². The molecule has 130 valence electrons. The molecule has 0 bridgehead atoms. The normalized spacial score (nSPS) is 11.2. The lowest BCUT2D eigenvalue weighted by molar-refractivity contribution is 0.873. The number of nitrogens with zero attached hydrogens (tertiary/aromatic N) is 3. The third-order valence-corrected chi connectivity index (χ3v) is 5.18. The average Bonchev–Trinajstić information content (AvgIpc) is 3.06. The molecule has 0 fully saturated rings. The summed E-state index contributed by atoms with van der Waals surface area (Å²) >= 11 is 7.44. The number of aromatic nitrogens is 4. The summed E-state index contributed by atoms with van der Waals surface area (Å²) < 4.78 is 1.65. The SMILES string of the molecule is Cc1ccc(CSc2nc3c(cnn3-c3ccc(Cl)cc3)c(=O)[nH]2)cc1. The summed E-state index contributed by atoms with van der Waals surface area (Å²) in [5.74, 6) is 0.726. The second-order valence-corrected chi connectivity index (χ2v) is 7.32. The van der Waals surface area contributed by atoms with Gasteiger partial charge in [0, 0.05) is 10.8 Å². The molecule has 1 N–H and O–H groups in total. The number of fused-ring (bicyclic) bond motifs is 1. The maximum atomic E-state index is 12.4.